The highest BCUT2D eigenvalue weighted by atomic mass is 32.2. The lowest BCUT2D eigenvalue weighted by atomic mass is 9.88. The van der Waals surface area contributed by atoms with Crippen molar-refractivity contribution >= 4 is 34.5 Å². The number of thioether (sulfide) groups is 1. The number of hydrogen-bond acceptors (Lipinski definition) is 5. The second kappa shape index (κ2) is 8.21. The van der Waals surface area contributed by atoms with E-state index < -0.39 is 17.7 Å². The molecule has 8 heteroatoms. The van der Waals surface area contributed by atoms with Crippen molar-refractivity contribution in [3.05, 3.63) is 0 Å². The predicted octanol–water partition coefficient (Wildman–Crippen LogP) is 1.10. The van der Waals surface area contributed by atoms with Gasteiger partial charge in [-0.15, -0.1) is 5.10 Å². The van der Waals surface area contributed by atoms with E-state index in [1.165, 1.54) is 6.42 Å². The fraction of sp³-hybridized carbons (Fsp3) is 0.765. The van der Waals surface area contributed by atoms with Crippen molar-refractivity contribution in [3.8, 4) is 0 Å². The lowest BCUT2D eigenvalue weighted by Gasteiger charge is -2.24. The number of carbonyl (C=O) groups excluding carboxylic acids is 3. The fourth-order valence-corrected chi connectivity index (χ4v) is 4.32. The summed E-state index contributed by atoms with van der Waals surface area (Å²) in [6, 6.07) is -0.705. The van der Waals surface area contributed by atoms with Crippen molar-refractivity contribution in [1.82, 2.24) is 15.6 Å². The molecule has 2 saturated carbocycles. The number of Topliss-reactive ketones (excluding diaryl/α,β-unsaturated/α-hetero) is 1. The van der Waals surface area contributed by atoms with Crippen LogP contribution in [-0.2, 0) is 14.4 Å². The van der Waals surface area contributed by atoms with Crippen molar-refractivity contribution in [2.75, 3.05) is 19.3 Å². The SMILES string of the molecule is CN1CCSC1=NNC(=O)C(=O)C(NC(=O)C1CCCCC1)C1CC1. The van der Waals surface area contributed by atoms with E-state index in [0.29, 0.717) is 5.17 Å². The van der Waals surface area contributed by atoms with Gasteiger partial charge < -0.3 is 10.2 Å². The van der Waals surface area contributed by atoms with Crippen LogP contribution in [0.1, 0.15) is 44.9 Å². The van der Waals surface area contributed by atoms with Gasteiger partial charge in [-0.05, 0) is 31.6 Å². The first-order chi connectivity index (χ1) is 12.1. The van der Waals surface area contributed by atoms with Crippen molar-refractivity contribution in [2.45, 2.75) is 51.0 Å². The van der Waals surface area contributed by atoms with E-state index in [9.17, 15) is 14.4 Å². The maximum Gasteiger partial charge on any atom is 0.309 e. The number of nitrogens with one attached hydrogen (secondary N) is 2. The summed E-state index contributed by atoms with van der Waals surface area (Å²) in [6.45, 7) is 0.870. The highest BCUT2D eigenvalue weighted by Crippen LogP contribution is 2.34. The van der Waals surface area contributed by atoms with Gasteiger partial charge in [0.05, 0.1) is 0 Å². The molecule has 2 N–H and O–H groups in total. The van der Waals surface area contributed by atoms with Gasteiger partial charge in [0, 0.05) is 25.3 Å². The Bertz CT molecular complexity index is 570. The van der Waals surface area contributed by atoms with Crippen molar-refractivity contribution in [2.24, 2.45) is 16.9 Å². The minimum atomic E-state index is -0.741. The Kier molecular flexibility index (Phi) is 5.98. The van der Waals surface area contributed by atoms with Crippen LogP contribution in [-0.4, -0.2) is 53.1 Å². The van der Waals surface area contributed by atoms with Crippen molar-refractivity contribution in [3.63, 3.8) is 0 Å². The molecule has 1 aliphatic heterocycles. The van der Waals surface area contributed by atoms with Crippen LogP contribution in [0.5, 0.6) is 0 Å². The Balaban J connectivity index is 1.56. The third kappa shape index (κ3) is 4.74. The number of carbonyl (C=O) groups is 3. The molecule has 3 rings (SSSR count). The molecule has 1 unspecified atom stereocenters. The summed E-state index contributed by atoms with van der Waals surface area (Å²) in [5, 5.41) is 7.59. The smallest absolute Gasteiger partial charge is 0.309 e. The molecule has 0 aromatic heterocycles. The molecule has 25 heavy (non-hydrogen) atoms. The van der Waals surface area contributed by atoms with E-state index in [1.54, 1.807) is 11.8 Å². The number of amidine groups is 1. The van der Waals surface area contributed by atoms with Gasteiger partial charge in [0.1, 0.15) is 6.04 Å². The Morgan fingerprint density at radius 2 is 1.88 bits per heavy atom. The standard InChI is InChI=1S/C17H26N4O3S/c1-21-9-10-25-17(21)20-19-16(24)14(22)13(11-7-8-11)18-15(23)12-5-3-2-4-6-12/h11-13H,2-10H2,1H3,(H,18,23)(H,19,24). The molecule has 3 fully saturated rings. The summed E-state index contributed by atoms with van der Waals surface area (Å²) in [6.07, 6.45) is 6.79. The second-order valence-electron chi connectivity index (χ2n) is 7.13. The number of rotatable bonds is 6. The zero-order chi connectivity index (χ0) is 17.8. The van der Waals surface area contributed by atoms with Gasteiger partial charge in [-0.3, -0.25) is 14.4 Å². The third-order valence-electron chi connectivity index (χ3n) is 5.11. The first-order valence-electron chi connectivity index (χ1n) is 9.12. The van der Waals surface area contributed by atoms with E-state index in [1.807, 2.05) is 11.9 Å². The van der Waals surface area contributed by atoms with Gasteiger partial charge in [0.2, 0.25) is 11.7 Å². The Labute approximate surface area is 152 Å². The molecule has 2 amide bonds. The molecule has 1 heterocycles. The molecule has 0 spiro atoms. The highest BCUT2D eigenvalue weighted by Gasteiger charge is 2.41. The van der Waals surface area contributed by atoms with Gasteiger partial charge in [-0.1, -0.05) is 31.0 Å². The van der Waals surface area contributed by atoms with Gasteiger partial charge in [0.25, 0.3) is 0 Å². The molecule has 0 aromatic carbocycles. The Morgan fingerprint density at radius 1 is 1.16 bits per heavy atom. The summed E-state index contributed by atoms with van der Waals surface area (Å²) >= 11 is 1.54. The van der Waals surface area contributed by atoms with Gasteiger partial charge in [-0.2, -0.15) is 0 Å². The Morgan fingerprint density at radius 3 is 2.48 bits per heavy atom. The average molecular weight is 366 g/mol. The van der Waals surface area contributed by atoms with Gasteiger partial charge >= 0.3 is 5.91 Å². The van der Waals surface area contributed by atoms with E-state index in [4.69, 9.17) is 0 Å². The molecular weight excluding hydrogens is 340 g/mol. The molecule has 1 atom stereocenters. The maximum absolute atomic E-state index is 12.5. The average Bonchev–Trinajstić information content (AvgIpc) is 3.39. The van der Waals surface area contributed by atoms with Crippen LogP contribution in [0.3, 0.4) is 0 Å². The molecule has 0 bridgehead atoms. The van der Waals surface area contributed by atoms with E-state index in [-0.39, 0.29) is 17.7 Å². The number of hydrogen-bond donors (Lipinski definition) is 2. The summed E-state index contributed by atoms with van der Waals surface area (Å²) in [7, 11) is 1.89. The topological polar surface area (TPSA) is 90.9 Å². The normalized spacial score (nSPS) is 24.2. The number of amides is 2. The highest BCUT2D eigenvalue weighted by molar-refractivity contribution is 8.14. The summed E-state index contributed by atoms with van der Waals surface area (Å²) in [5.74, 6) is -0.413. The van der Waals surface area contributed by atoms with Crippen LogP contribution in [0.4, 0.5) is 0 Å². The van der Waals surface area contributed by atoms with Gasteiger partial charge in [-0.25, -0.2) is 5.43 Å². The summed E-state index contributed by atoms with van der Waals surface area (Å²) < 4.78 is 0. The number of hydrazone groups is 1. The predicted molar refractivity (Wildman–Crippen MR) is 96.9 cm³/mol. The van der Waals surface area contributed by atoms with Crippen LogP contribution in [0.15, 0.2) is 5.10 Å². The Hall–Kier alpha value is -1.57. The molecular formula is C17H26N4O3S. The molecule has 1 saturated heterocycles. The van der Waals surface area contributed by atoms with E-state index in [0.717, 1.165) is 50.8 Å². The molecule has 3 aliphatic rings. The van der Waals surface area contributed by atoms with E-state index in [2.05, 4.69) is 15.8 Å². The zero-order valence-electron chi connectivity index (χ0n) is 14.6. The monoisotopic (exact) mass is 366 g/mol. The lowest BCUT2D eigenvalue weighted by molar-refractivity contribution is -0.141. The molecule has 0 aromatic rings. The molecule has 7 nitrogen and oxygen atoms in total. The van der Waals surface area contributed by atoms with Crippen LogP contribution in [0.2, 0.25) is 0 Å². The van der Waals surface area contributed by atoms with Gasteiger partial charge in [0.15, 0.2) is 5.17 Å². The van der Waals surface area contributed by atoms with Crippen LogP contribution in [0.25, 0.3) is 0 Å². The van der Waals surface area contributed by atoms with Crippen molar-refractivity contribution < 1.29 is 14.4 Å². The minimum absolute atomic E-state index is 0.0188. The molecule has 138 valence electrons. The van der Waals surface area contributed by atoms with Crippen molar-refractivity contribution in [1.29, 1.82) is 0 Å². The first-order valence-corrected chi connectivity index (χ1v) is 10.1. The zero-order valence-corrected chi connectivity index (χ0v) is 15.4. The van der Waals surface area contributed by atoms with Crippen LogP contribution in [0, 0.1) is 11.8 Å². The quantitative estimate of drug-likeness (QED) is 0.543. The third-order valence-corrected chi connectivity index (χ3v) is 6.16. The second-order valence-corrected chi connectivity index (χ2v) is 8.19. The summed E-state index contributed by atoms with van der Waals surface area (Å²) in [4.78, 5) is 39.1. The van der Waals surface area contributed by atoms with Crippen LogP contribution < -0.4 is 10.7 Å². The first kappa shape index (κ1) is 18.2. The largest absolute Gasteiger partial charge is 0.352 e. The summed E-state index contributed by atoms with van der Waals surface area (Å²) in [5.41, 5.74) is 2.36. The number of nitrogens with zero attached hydrogens (tertiary/aromatic N) is 2. The van der Waals surface area contributed by atoms with Crippen LogP contribution >= 0.6 is 11.8 Å². The molecule has 0 radical (unpaired) electrons. The fourth-order valence-electron chi connectivity index (χ4n) is 3.36. The maximum atomic E-state index is 12.5. The molecule has 2 aliphatic carbocycles. The number of ketones is 1. The minimum Gasteiger partial charge on any atom is -0.352 e. The van der Waals surface area contributed by atoms with E-state index >= 15 is 0 Å². The lowest BCUT2D eigenvalue weighted by Crippen LogP contribution is -2.50.